The van der Waals surface area contributed by atoms with Crippen molar-refractivity contribution in [1.82, 2.24) is 0 Å². The fourth-order valence-corrected chi connectivity index (χ4v) is 2.10. The van der Waals surface area contributed by atoms with Gasteiger partial charge in [0.2, 0.25) is 0 Å². The quantitative estimate of drug-likeness (QED) is 0.671. The zero-order chi connectivity index (χ0) is 16.2. The Morgan fingerprint density at radius 2 is 1.86 bits per heavy atom. The zero-order valence-electron chi connectivity index (χ0n) is 13.2. The summed E-state index contributed by atoms with van der Waals surface area (Å²) in [5, 5.41) is 19.5. The molecule has 7 heteroatoms. The summed E-state index contributed by atoms with van der Waals surface area (Å²) in [7, 11) is 1.40. The van der Waals surface area contributed by atoms with Gasteiger partial charge in [-0.1, -0.05) is 13.8 Å². The van der Waals surface area contributed by atoms with Crippen molar-refractivity contribution in [3.8, 4) is 0 Å². The van der Waals surface area contributed by atoms with Crippen LogP contribution in [0.2, 0.25) is 0 Å². The van der Waals surface area contributed by atoms with Crippen LogP contribution in [0.4, 0.5) is 0 Å². The van der Waals surface area contributed by atoms with E-state index in [9.17, 15) is 15.0 Å². The number of aliphatic hydroxyl groups is 2. The van der Waals surface area contributed by atoms with Crippen molar-refractivity contribution in [2.45, 2.75) is 64.5 Å². The first-order chi connectivity index (χ1) is 9.81. The molecule has 5 atom stereocenters. The van der Waals surface area contributed by atoms with Crippen molar-refractivity contribution in [2.75, 3.05) is 13.7 Å². The summed E-state index contributed by atoms with van der Waals surface area (Å²) in [5.41, 5.74) is 0. The molecule has 0 aliphatic carbocycles. The van der Waals surface area contributed by atoms with E-state index in [2.05, 4.69) is 0 Å². The van der Waals surface area contributed by atoms with Crippen LogP contribution < -0.4 is 0 Å². The lowest BCUT2D eigenvalue weighted by Crippen LogP contribution is -2.61. The maximum Gasteiger partial charge on any atom is 0.308 e. The predicted molar refractivity (Wildman–Crippen MR) is 73.5 cm³/mol. The first kappa shape index (κ1) is 18.3. The molecule has 0 aromatic rings. The molecule has 124 valence electrons. The van der Waals surface area contributed by atoms with Crippen LogP contribution in [-0.4, -0.2) is 66.7 Å². The fraction of sp³-hybridized carbons (Fsp3) is 0.929. The third-order valence-corrected chi connectivity index (χ3v) is 3.18. The smallest absolute Gasteiger partial charge is 0.308 e. The van der Waals surface area contributed by atoms with Crippen LogP contribution in [0.15, 0.2) is 0 Å². The first-order valence-electron chi connectivity index (χ1n) is 7.14. The van der Waals surface area contributed by atoms with E-state index in [1.165, 1.54) is 7.11 Å². The van der Waals surface area contributed by atoms with E-state index < -0.39 is 36.7 Å². The van der Waals surface area contributed by atoms with Crippen molar-refractivity contribution >= 4 is 5.97 Å². The van der Waals surface area contributed by atoms with Crippen LogP contribution >= 0.6 is 0 Å². The summed E-state index contributed by atoms with van der Waals surface area (Å²) < 4.78 is 21.6. The van der Waals surface area contributed by atoms with Crippen LogP contribution in [0, 0.1) is 5.92 Å². The standard InChI is InChI=1S/C14H26O7/c1-7(2)13(17)21-12-11(19-8(3)4)10(16)9(6-15)20-14(12)18-5/h7-12,14-16H,6H2,1-5H3/t9?,10-,11+,12?,14+/m1/s1. The van der Waals surface area contributed by atoms with E-state index in [-0.39, 0.29) is 18.6 Å². The number of rotatable bonds is 6. The van der Waals surface area contributed by atoms with Gasteiger partial charge in [0.25, 0.3) is 0 Å². The Kier molecular flexibility index (Phi) is 7.02. The van der Waals surface area contributed by atoms with Gasteiger partial charge < -0.3 is 29.2 Å². The average molecular weight is 306 g/mol. The highest BCUT2D eigenvalue weighted by Crippen LogP contribution is 2.27. The molecule has 0 aromatic heterocycles. The summed E-state index contributed by atoms with van der Waals surface area (Å²) in [6.07, 6.45) is -4.80. The van der Waals surface area contributed by atoms with Gasteiger partial charge in [-0.3, -0.25) is 4.79 Å². The Balaban J connectivity index is 2.96. The summed E-state index contributed by atoms with van der Waals surface area (Å²) >= 11 is 0. The molecule has 1 rings (SSSR count). The normalized spacial score (nSPS) is 33.5. The van der Waals surface area contributed by atoms with Gasteiger partial charge in [0.15, 0.2) is 12.4 Å². The second-order valence-electron chi connectivity index (χ2n) is 5.66. The third kappa shape index (κ3) is 4.62. The minimum Gasteiger partial charge on any atom is -0.454 e. The van der Waals surface area contributed by atoms with Gasteiger partial charge in [-0.15, -0.1) is 0 Å². The molecule has 2 N–H and O–H groups in total. The van der Waals surface area contributed by atoms with E-state index in [0.29, 0.717) is 0 Å². The van der Waals surface area contributed by atoms with E-state index >= 15 is 0 Å². The fourth-order valence-electron chi connectivity index (χ4n) is 2.10. The predicted octanol–water partition coefficient (Wildman–Crippen LogP) is 0.0723. The molecule has 1 saturated heterocycles. The van der Waals surface area contributed by atoms with Gasteiger partial charge in [0.1, 0.15) is 18.3 Å². The van der Waals surface area contributed by atoms with Gasteiger partial charge in [-0.05, 0) is 13.8 Å². The summed E-state index contributed by atoms with van der Waals surface area (Å²) in [6.45, 7) is 6.64. The van der Waals surface area contributed by atoms with E-state index in [1.54, 1.807) is 27.7 Å². The van der Waals surface area contributed by atoms with Gasteiger partial charge in [-0.25, -0.2) is 0 Å². The lowest BCUT2D eigenvalue weighted by atomic mass is 9.98. The lowest BCUT2D eigenvalue weighted by molar-refractivity contribution is -0.309. The number of esters is 1. The van der Waals surface area contributed by atoms with Crippen molar-refractivity contribution in [3.05, 3.63) is 0 Å². The Morgan fingerprint density at radius 1 is 1.24 bits per heavy atom. The van der Waals surface area contributed by atoms with E-state index in [0.717, 1.165) is 0 Å². The highest BCUT2D eigenvalue weighted by Gasteiger charge is 2.48. The maximum absolute atomic E-state index is 11.8. The number of aliphatic hydroxyl groups excluding tert-OH is 2. The Bertz CT molecular complexity index is 331. The number of hydrogen-bond acceptors (Lipinski definition) is 7. The SMILES string of the molecule is CO[C@H]1OC(CO)[C@@H](O)[C@H](OC(C)C)C1OC(=O)C(C)C. The number of hydrogen-bond donors (Lipinski definition) is 2. The second-order valence-corrected chi connectivity index (χ2v) is 5.66. The topological polar surface area (TPSA) is 94.5 Å². The lowest BCUT2D eigenvalue weighted by Gasteiger charge is -2.43. The summed E-state index contributed by atoms with van der Waals surface area (Å²) in [5.74, 6) is -0.757. The molecule has 1 heterocycles. The molecule has 0 saturated carbocycles. The molecular weight excluding hydrogens is 280 g/mol. The molecular formula is C14H26O7. The van der Waals surface area contributed by atoms with Crippen molar-refractivity contribution < 1.29 is 34.0 Å². The van der Waals surface area contributed by atoms with E-state index in [1.807, 2.05) is 0 Å². The number of carbonyl (C=O) groups excluding carboxylic acids is 1. The molecule has 1 fully saturated rings. The van der Waals surface area contributed by atoms with Gasteiger partial charge in [0, 0.05) is 7.11 Å². The highest BCUT2D eigenvalue weighted by atomic mass is 16.7. The summed E-state index contributed by atoms with van der Waals surface area (Å²) in [6, 6.07) is 0. The first-order valence-corrected chi connectivity index (χ1v) is 7.14. The van der Waals surface area contributed by atoms with Crippen LogP contribution in [0.25, 0.3) is 0 Å². The second kappa shape index (κ2) is 8.05. The van der Waals surface area contributed by atoms with Crippen LogP contribution in [0.3, 0.4) is 0 Å². The highest BCUT2D eigenvalue weighted by molar-refractivity contribution is 5.71. The molecule has 1 aliphatic heterocycles. The molecule has 0 radical (unpaired) electrons. The average Bonchev–Trinajstić information content (AvgIpc) is 2.42. The molecule has 0 spiro atoms. The van der Waals surface area contributed by atoms with Crippen LogP contribution in [-0.2, 0) is 23.7 Å². The summed E-state index contributed by atoms with van der Waals surface area (Å²) in [4.78, 5) is 11.8. The van der Waals surface area contributed by atoms with Crippen molar-refractivity contribution in [2.24, 2.45) is 5.92 Å². The molecule has 0 aromatic carbocycles. The molecule has 1 aliphatic rings. The van der Waals surface area contributed by atoms with Gasteiger partial charge >= 0.3 is 5.97 Å². The molecule has 0 bridgehead atoms. The van der Waals surface area contributed by atoms with Crippen molar-refractivity contribution in [1.29, 1.82) is 0 Å². The minimum atomic E-state index is -1.12. The largest absolute Gasteiger partial charge is 0.454 e. The molecule has 0 amide bonds. The third-order valence-electron chi connectivity index (χ3n) is 3.18. The maximum atomic E-state index is 11.8. The molecule has 21 heavy (non-hydrogen) atoms. The number of methoxy groups -OCH3 is 1. The van der Waals surface area contributed by atoms with Gasteiger partial charge in [-0.2, -0.15) is 0 Å². The number of carbonyl (C=O) groups is 1. The molecule has 2 unspecified atom stereocenters. The van der Waals surface area contributed by atoms with Crippen LogP contribution in [0.1, 0.15) is 27.7 Å². The van der Waals surface area contributed by atoms with E-state index in [4.69, 9.17) is 18.9 Å². The minimum absolute atomic E-state index is 0.195. The zero-order valence-corrected chi connectivity index (χ0v) is 13.2. The Morgan fingerprint density at radius 3 is 2.29 bits per heavy atom. The monoisotopic (exact) mass is 306 g/mol. The number of ether oxygens (including phenoxy) is 4. The van der Waals surface area contributed by atoms with Crippen LogP contribution in [0.5, 0.6) is 0 Å². The molecule has 7 nitrogen and oxygen atoms in total. The van der Waals surface area contributed by atoms with Crippen molar-refractivity contribution in [3.63, 3.8) is 0 Å². The Labute approximate surface area is 125 Å². The van der Waals surface area contributed by atoms with Gasteiger partial charge in [0.05, 0.1) is 18.6 Å². The Hall–Kier alpha value is -0.730.